The molecule has 2 rings (SSSR count). The van der Waals surface area contributed by atoms with E-state index in [1.807, 2.05) is 27.7 Å². The summed E-state index contributed by atoms with van der Waals surface area (Å²) in [5.41, 5.74) is 0. The van der Waals surface area contributed by atoms with Gasteiger partial charge in [0.2, 0.25) is 0 Å². The average molecular weight is 229 g/mol. The molecule has 0 aromatic heterocycles. The predicted molar refractivity (Wildman–Crippen MR) is 73.1 cm³/mol. The van der Waals surface area contributed by atoms with Crippen molar-refractivity contribution in [2.24, 2.45) is 0 Å². The van der Waals surface area contributed by atoms with E-state index in [1.54, 1.807) is 0 Å². The Morgan fingerprint density at radius 3 is 1.44 bits per heavy atom. The van der Waals surface area contributed by atoms with E-state index in [4.69, 9.17) is 0 Å². The third-order valence-electron chi connectivity index (χ3n) is 3.10. The number of piperazine rings is 2. The second kappa shape index (κ2) is 8.97. The van der Waals surface area contributed by atoms with E-state index >= 15 is 0 Å². The fraction of sp³-hybridized carbons (Fsp3) is 1.00. The zero-order valence-corrected chi connectivity index (χ0v) is 12.2. The van der Waals surface area contributed by atoms with Gasteiger partial charge in [0.25, 0.3) is 0 Å². The van der Waals surface area contributed by atoms with Crippen LogP contribution in [-0.4, -0.2) is 74.1 Å². The van der Waals surface area contributed by atoms with E-state index in [9.17, 15) is 0 Å². The largest absolute Gasteiger partial charge is 0.303 e. The molecule has 16 heavy (non-hydrogen) atoms. The summed E-state index contributed by atoms with van der Waals surface area (Å²) in [5, 5.41) is 0. The smallest absolute Gasteiger partial charge is 0.0351 e. The van der Waals surface area contributed by atoms with Gasteiger partial charge < -0.3 is 9.80 Å². The first kappa shape index (κ1) is 15.9. The van der Waals surface area contributed by atoms with E-state index in [0.29, 0.717) is 0 Å². The van der Waals surface area contributed by atoms with Crippen molar-refractivity contribution >= 4 is 0 Å². The molecular weight excluding hydrogens is 198 g/mol. The van der Waals surface area contributed by atoms with Gasteiger partial charge in [-0.05, 0) is 14.1 Å². The van der Waals surface area contributed by atoms with Crippen LogP contribution in [0.4, 0.5) is 0 Å². The van der Waals surface area contributed by atoms with Crippen molar-refractivity contribution in [2.45, 2.75) is 33.7 Å². The Morgan fingerprint density at radius 1 is 0.688 bits per heavy atom. The van der Waals surface area contributed by atoms with E-state index in [0.717, 1.165) is 6.04 Å². The number of likely N-dealkylation sites (N-methyl/N-ethyl adjacent to an activating group) is 2. The summed E-state index contributed by atoms with van der Waals surface area (Å²) in [6.07, 6.45) is 0. The normalized spacial score (nSPS) is 23.6. The fourth-order valence-electron chi connectivity index (χ4n) is 2.27. The van der Waals surface area contributed by atoms with Crippen LogP contribution in [0.2, 0.25) is 0 Å². The van der Waals surface area contributed by atoms with Gasteiger partial charge in [-0.2, -0.15) is 0 Å². The molecule has 0 aromatic carbocycles. The maximum atomic E-state index is 2.64. The molecule has 0 bridgehead atoms. The Kier molecular flexibility index (Phi) is 8.90. The summed E-state index contributed by atoms with van der Waals surface area (Å²) >= 11 is 0. The van der Waals surface area contributed by atoms with Gasteiger partial charge in [-0.15, -0.1) is 0 Å². The first-order chi connectivity index (χ1) is 7.75. The highest BCUT2D eigenvalue weighted by Crippen LogP contribution is 2.12. The van der Waals surface area contributed by atoms with Crippen LogP contribution in [0.25, 0.3) is 0 Å². The molecule has 3 heteroatoms. The van der Waals surface area contributed by atoms with Crippen molar-refractivity contribution in [3.63, 3.8) is 0 Å². The standard InChI is InChI=1S/C9H19N3.2C2H6/c1-10-3-5-12-6-4-11(2)8-9(12)7-10;2*1-2/h9H,3-8H2,1-2H3;2*1-2H3. The zero-order chi connectivity index (χ0) is 12.6. The van der Waals surface area contributed by atoms with Gasteiger partial charge in [0, 0.05) is 45.3 Å². The minimum Gasteiger partial charge on any atom is -0.303 e. The molecule has 3 nitrogen and oxygen atoms in total. The molecule has 0 amide bonds. The summed E-state index contributed by atoms with van der Waals surface area (Å²) in [4.78, 5) is 7.53. The molecule has 0 unspecified atom stereocenters. The van der Waals surface area contributed by atoms with Gasteiger partial charge in [0.05, 0.1) is 0 Å². The number of hydrogen-bond acceptors (Lipinski definition) is 3. The third-order valence-corrected chi connectivity index (χ3v) is 3.10. The van der Waals surface area contributed by atoms with Crippen molar-refractivity contribution < 1.29 is 0 Å². The van der Waals surface area contributed by atoms with Gasteiger partial charge in [-0.3, -0.25) is 4.90 Å². The summed E-state index contributed by atoms with van der Waals surface area (Å²) in [7, 11) is 4.46. The van der Waals surface area contributed by atoms with Crippen LogP contribution in [0.15, 0.2) is 0 Å². The number of rotatable bonds is 0. The molecule has 0 aromatic rings. The Labute approximate surface area is 102 Å². The van der Waals surface area contributed by atoms with Crippen LogP contribution in [0.3, 0.4) is 0 Å². The van der Waals surface area contributed by atoms with Crippen molar-refractivity contribution in [3.8, 4) is 0 Å². The Bertz CT molecular complexity index is 145. The van der Waals surface area contributed by atoms with Gasteiger partial charge in [-0.25, -0.2) is 0 Å². The molecule has 2 saturated heterocycles. The van der Waals surface area contributed by atoms with Gasteiger partial charge in [0.15, 0.2) is 0 Å². The molecule has 0 radical (unpaired) electrons. The molecule has 2 heterocycles. The fourth-order valence-corrected chi connectivity index (χ4v) is 2.27. The number of fused-ring (bicyclic) bond motifs is 1. The molecule has 2 fully saturated rings. The summed E-state index contributed by atoms with van der Waals surface area (Å²) in [5.74, 6) is 0. The topological polar surface area (TPSA) is 9.72 Å². The van der Waals surface area contributed by atoms with E-state index < -0.39 is 0 Å². The molecule has 0 saturated carbocycles. The van der Waals surface area contributed by atoms with Crippen LogP contribution >= 0.6 is 0 Å². The predicted octanol–water partition coefficient (Wildman–Crippen LogP) is 1.60. The average Bonchev–Trinajstić information content (AvgIpc) is 2.33. The molecule has 0 aliphatic carbocycles. The van der Waals surface area contributed by atoms with Crippen molar-refractivity contribution in [3.05, 3.63) is 0 Å². The van der Waals surface area contributed by atoms with Crippen LogP contribution in [0.5, 0.6) is 0 Å². The lowest BCUT2D eigenvalue weighted by atomic mass is 10.1. The zero-order valence-electron chi connectivity index (χ0n) is 12.2. The second-order valence-corrected chi connectivity index (χ2v) is 4.21. The molecule has 0 N–H and O–H groups in total. The highest BCUT2D eigenvalue weighted by atomic mass is 15.3. The summed E-state index contributed by atoms with van der Waals surface area (Å²) < 4.78 is 0. The minimum absolute atomic E-state index is 0.794. The lowest BCUT2D eigenvalue weighted by Gasteiger charge is -2.45. The molecule has 98 valence electrons. The van der Waals surface area contributed by atoms with Crippen molar-refractivity contribution in [2.75, 3.05) is 53.4 Å². The Morgan fingerprint density at radius 2 is 1.06 bits per heavy atom. The quantitative estimate of drug-likeness (QED) is 0.625. The lowest BCUT2D eigenvalue weighted by Crippen LogP contribution is -2.60. The Balaban J connectivity index is 0.000000509. The second-order valence-electron chi connectivity index (χ2n) is 4.21. The molecular formula is C13H31N3. The monoisotopic (exact) mass is 229 g/mol. The molecule has 2 aliphatic heterocycles. The maximum absolute atomic E-state index is 2.64. The lowest BCUT2D eigenvalue weighted by molar-refractivity contribution is 0.0298. The molecule has 2 aliphatic rings. The van der Waals surface area contributed by atoms with Crippen LogP contribution in [0.1, 0.15) is 27.7 Å². The van der Waals surface area contributed by atoms with Crippen LogP contribution < -0.4 is 0 Å². The number of nitrogens with zero attached hydrogens (tertiary/aromatic N) is 3. The van der Waals surface area contributed by atoms with Gasteiger partial charge in [-0.1, -0.05) is 27.7 Å². The highest BCUT2D eigenvalue weighted by Gasteiger charge is 2.29. The van der Waals surface area contributed by atoms with E-state index in [-0.39, 0.29) is 0 Å². The highest BCUT2D eigenvalue weighted by molar-refractivity contribution is 4.86. The van der Waals surface area contributed by atoms with Gasteiger partial charge >= 0.3 is 0 Å². The minimum atomic E-state index is 0.794. The first-order valence-corrected chi connectivity index (χ1v) is 6.87. The summed E-state index contributed by atoms with van der Waals surface area (Å²) in [6.45, 7) is 15.6. The van der Waals surface area contributed by atoms with Gasteiger partial charge in [0.1, 0.15) is 0 Å². The van der Waals surface area contributed by atoms with Crippen molar-refractivity contribution in [1.29, 1.82) is 0 Å². The van der Waals surface area contributed by atoms with Crippen LogP contribution in [0, 0.1) is 0 Å². The molecule has 0 atom stereocenters. The van der Waals surface area contributed by atoms with E-state index in [2.05, 4.69) is 28.8 Å². The maximum Gasteiger partial charge on any atom is 0.0351 e. The Hall–Kier alpha value is -0.120. The van der Waals surface area contributed by atoms with Crippen LogP contribution in [-0.2, 0) is 0 Å². The number of hydrogen-bond donors (Lipinski definition) is 0. The van der Waals surface area contributed by atoms with Crippen molar-refractivity contribution in [1.82, 2.24) is 14.7 Å². The first-order valence-electron chi connectivity index (χ1n) is 6.87. The molecule has 0 spiro atoms. The SMILES string of the molecule is CC.CC.CN1CCN2CCN(C)CC2C1. The summed E-state index contributed by atoms with van der Waals surface area (Å²) in [6, 6.07) is 0.794. The third kappa shape index (κ3) is 4.81. The van der Waals surface area contributed by atoms with E-state index in [1.165, 1.54) is 39.3 Å².